The Balaban J connectivity index is 2.37. The maximum atomic E-state index is 12.4. The van der Waals surface area contributed by atoms with Crippen LogP contribution in [0.1, 0.15) is 19.8 Å². The van der Waals surface area contributed by atoms with Crippen LogP contribution < -0.4 is 5.32 Å². The van der Waals surface area contributed by atoms with Gasteiger partial charge in [0.25, 0.3) is 0 Å². The average molecular weight is 167 g/mol. The number of nitrogens with one attached hydrogen (secondary N) is 1. The zero-order valence-electron chi connectivity index (χ0n) is 7.31. The van der Waals surface area contributed by atoms with Crippen LogP contribution in [0.2, 0.25) is 0 Å². The van der Waals surface area contributed by atoms with Gasteiger partial charge in [-0.1, -0.05) is 13.3 Å². The number of unbranched alkanes of at least 4 members (excludes halogenated alkanes) is 1. The summed E-state index contributed by atoms with van der Waals surface area (Å²) in [5, 5.41) is 3.21. The molecule has 0 spiro atoms. The highest BCUT2D eigenvalue weighted by atomic mass is 19.1. The summed E-state index contributed by atoms with van der Waals surface area (Å²) in [5.41, 5.74) is 0.991. The average Bonchev–Trinajstić information content (AvgIpc) is 2.09. The highest BCUT2D eigenvalue weighted by Crippen LogP contribution is 2.07. The molecule has 12 heavy (non-hydrogen) atoms. The molecule has 0 aliphatic rings. The molecule has 0 radical (unpaired) electrons. The zero-order valence-corrected chi connectivity index (χ0v) is 7.31. The van der Waals surface area contributed by atoms with Crippen LogP contribution in [0.25, 0.3) is 0 Å². The van der Waals surface area contributed by atoms with Gasteiger partial charge in [-0.2, -0.15) is 0 Å². The Morgan fingerprint density at radius 2 is 1.92 bits per heavy atom. The molecule has 1 aromatic rings. The van der Waals surface area contributed by atoms with Gasteiger partial charge in [0.1, 0.15) is 5.82 Å². The first-order chi connectivity index (χ1) is 5.83. The highest BCUT2D eigenvalue weighted by molar-refractivity contribution is 5.42. The second kappa shape index (κ2) is 4.75. The Bertz CT molecular complexity index is 218. The molecule has 1 nitrogen and oxygen atoms in total. The minimum Gasteiger partial charge on any atom is -0.385 e. The number of anilines is 1. The largest absolute Gasteiger partial charge is 0.385 e. The third-order valence-electron chi connectivity index (χ3n) is 1.70. The molecule has 0 heterocycles. The first kappa shape index (κ1) is 9.04. The van der Waals surface area contributed by atoms with E-state index in [1.165, 1.54) is 18.6 Å². The van der Waals surface area contributed by atoms with Crippen molar-refractivity contribution in [1.29, 1.82) is 0 Å². The maximum absolute atomic E-state index is 12.4. The second-order valence-electron chi connectivity index (χ2n) is 2.79. The molecule has 1 N–H and O–H groups in total. The van der Waals surface area contributed by atoms with E-state index < -0.39 is 0 Å². The Kier molecular flexibility index (Phi) is 3.58. The fourth-order valence-corrected chi connectivity index (χ4v) is 0.977. The molecule has 0 aliphatic carbocycles. The molecule has 0 atom stereocenters. The first-order valence-electron chi connectivity index (χ1n) is 4.32. The summed E-state index contributed by atoms with van der Waals surface area (Å²) in [6.07, 6.45) is 2.32. The van der Waals surface area contributed by atoms with Crippen molar-refractivity contribution in [3.05, 3.63) is 30.1 Å². The van der Waals surface area contributed by atoms with Crippen molar-refractivity contribution in [1.82, 2.24) is 0 Å². The molecule has 2 heteroatoms. The van der Waals surface area contributed by atoms with Crippen molar-refractivity contribution in [2.75, 3.05) is 11.9 Å². The first-order valence-corrected chi connectivity index (χ1v) is 4.32. The molecule has 0 saturated carbocycles. The number of benzene rings is 1. The minimum atomic E-state index is -0.184. The standard InChI is InChI=1S/C10H14FN/c1-2-3-8-12-10-6-4-9(11)5-7-10/h4-7,12H,2-3,8H2,1H3. The summed E-state index contributed by atoms with van der Waals surface area (Å²) >= 11 is 0. The highest BCUT2D eigenvalue weighted by Gasteiger charge is 1.90. The lowest BCUT2D eigenvalue weighted by Gasteiger charge is -2.03. The lowest BCUT2D eigenvalue weighted by molar-refractivity contribution is 0.628. The molecule has 0 unspecified atom stereocenters. The van der Waals surface area contributed by atoms with Gasteiger partial charge in [0, 0.05) is 12.2 Å². The maximum Gasteiger partial charge on any atom is 0.123 e. The molecule has 0 saturated heterocycles. The van der Waals surface area contributed by atoms with Crippen LogP contribution in [-0.4, -0.2) is 6.54 Å². The summed E-state index contributed by atoms with van der Waals surface area (Å²) in [6, 6.07) is 6.44. The lowest BCUT2D eigenvalue weighted by Crippen LogP contribution is -2.00. The predicted octanol–water partition coefficient (Wildman–Crippen LogP) is 3.04. The number of halogens is 1. The Morgan fingerprint density at radius 1 is 1.25 bits per heavy atom. The fraction of sp³-hybridized carbons (Fsp3) is 0.400. The van der Waals surface area contributed by atoms with Crippen LogP contribution in [0.15, 0.2) is 24.3 Å². The van der Waals surface area contributed by atoms with Crippen LogP contribution in [0.5, 0.6) is 0 Å². The van der Waals surface area contributed by atoms with Crippen molar-refractivity contribution in [3.63, 3.8) is 0 Å². The molecule has 0 aromatic heterocycles. The minimum absolute atomic E-state index is 0.184. The van der Waals surface area contributed by atoms with Crippen LogP contribution in [-0.2, 0) is 0 Å². The van der Waals surface area contributed by atoms with Crippen LogP contribution in [0.3, 0.4) is 0 Å². The summed E-state index contributed by atoms with van der Waals surface area (Å²) < 4.78 is 12.4. The van der Waals surface area contributed by atoms with E-state index in [1.807, 2.05) is 0 Å². The molecule has 0 amide bonds. The molecule has 1 aromatic carbocycles. The Morgan fingerprint density at radius 3 is 2.50 bits per heavy atom. The summed E-state index contributed by atoms with van der Waals surface area (Å²) in [7, 11) is 0. The molecule has 0 bridgehead atoms. The van der Waals surface area contributed by atoms with Gasteiger partial charge in [-0.25, -0.2) is 4.39 Å². The van der Waals surface area contributed by atoms with E-state index in [0.717, 1.165) is 18.7 Å². The third kappa shape index (κ3) is 2.91. The number of hydrogen-bond donors (Lipinski definition) is 1. The van der Waals surface area contributed by atoms with Crippen molar-refractivity contribution >= 4 is 5.69 Å². The summed E-state index contributed by atoms with van der Waals surface area (Å²) in [4.78, 5) is 0. The van der Waals surface area contributed by atoms with Crippen LogP contribution >= 0.6 is 0 Å². The molecular weight excluding hydrogens is 153 g/mol. The molecule has 0 aliphatic heterocycles. The van der Waals surface area contributed by atoms with Crippen molar-refractivity contribution in [2.24, 2.45) is 0 Å². The van der Waals surface area contributed by atoms with E-state index in [2.05, 4.69) is 12.2 Å². The third-order valence-corrected chi connectivity index (χ3v) is 1.70. The van der Waals surface area contributed by atoms with E-state index in [1.54, 1.807) is 12.1 Å². The van der Waals surface area contributed by atoms with E-state index in [4.69, 9.17) is 0 Å². The van der Waals surface area contributed by atoms with Gasteiger partial charge in [0.15, 0.2) is 0 Å². The topological polar surface area (TPSA) is 12.0 Å². The van der Waals surface area contributed by atoms with E-state index in [9.17, 15) is 4.39 Å². The Labute approximate surface area is 72.6 Å². The van der Waals surface area contributed by atoms with Crippen molar-refractivity contribution < 1.29 is 4.39 Å². The van der Waals surface area contributed by atoms with Gasteiger partial charge in [-0.3, -0.25) is 0 Å². The SMILES string of the molecule is CCCCNc1ccc(F)cc1. The van der Waals surface area contributed by atoms with Crippen molar-refractivity contribution in [2.45, 2.75) is 19.8 Å². The summed E-state index contributed by atoms with van der Waals surface area (Å²) in [5.74, 6) is -0.184. The zero-order chi connectivity index (χ0) is 8.81. The van der Waals surface area contributed by atoms with Gasteiger partial charge in [0.2, 0.25) is 0 Å². The quantitative estimate of drug-likeness (QED) is 0.679. The molecule has 66 valence electrons. The normalized spacial score (nSPS) is 9.83. The Hall–Kier alpha value is -1.05. The van der Waals surface area contributed by atoms with Gasteiger partial charge in [-0.15, -0.1) is 0 Å². The van der Waals surface area contributed by atoms with Gasteiger partial charge in [0.05, 0.1) is 0 Å². The van der Waals surface area contributed by atoms with Gasteiger partial charge < -0.3 is 5.32 Å². The van der Waals surface area contributed by atoms with Gasteiger partial charge in [-0.05, 0) is 30.7 Å². The van der Waals surface area contributed by atoms with Crippen molar-refractivity contribution in [3.8, 4) is 0 Å². The van der Waals surface area contributed by atoms with E-state index >= 15 is 0 Å². The lowest BCUT2D eigenvalue weighted by atomic mass is 10.3. The summed E-state index contributed by atoms with van der Waals surface area (Å²) in [6.45, 7) is 3.11. The molecular formula is C10H14FN. The monoisotopic (exact) mass is 167 g/mol. The predicted molar refractivity (Wildman–Crippen MR) is 49.8 cm³/mol. The van der Waals surface area contributed by atoms with E-state index in [0.29, 0.717) is 0 Å². The number of rotatable bonds is 4. The van der Waals surface area contributed by atoms with Crippen LogP contribution in [0.4, 0.5) is 10.1 Å². The van der Waals surface area contributed by atoms with E-state index in [-0.39, 0.29) is 5.82 Å². The smallest absolute Gasteiger partial charge is 0.123 e. The van der Waals surface area contributed by atoms with Crippen LogP contribution in [0, 0.1) is 5.82 Å². The van der Waals surface area contributed by atoms with Gasteiger partial charge >= 0.3 is 0 Å². The fourth-order valence-electron chi connectivity index (χ4n) is 0.977. The molecule has 0 fully saturated rings. The number of hydrogen-bond acceptors (Lipinski definition) is 1. The molecule has 1 rings (SSSR count). The second-order valence-corrected chi connectivity index (χ2v) is 2.79.